The van der Waals surface area contributed by atoms with Gasteiger partial charge in [0.2, 0.25) is 0 Å². The summed E-state index contributed by atoms with van der Waals surface area (Å²) in [6, 6.07) is 12.1. The van der Waals surface area contributed by atoms with Crippen molar-refractivity contribution in [3.05, 3.63) is 65.0 Å². The monoisotopic (exact) mass is 271 g/mol. The highest BCUT2D eigenvalue weighted by molar-refractivity contribution is 5.87. The van der Waals surface area contributed by atoms with E-state index in [-0.39, 0.29) is 23.3 Å². The Bertz CT molecular complexity index is 675. The molecule has 0 saturated carbocycles. The molecule has 5 heteroatoms. The Morgan fingerprint density at radius 2 is 1.95 bits per heavy atom. The standard InChI is InChI=1S/C15H10FNO3/c16-14-11(8-17)2-1-3-12(14)9-20-13-6-4-10(5-7-13)15(18)19/h1-7H,9H2,(H,18,19). The molecule has 0 aliphatic carbocycles. The van der Waals surface area contributed by atoms with Crippen LogP contribution in [-0.4, -0.2) is 11.1 Å². The van der Waals surface area contributed by atoms with Crippen molar-refractivity contribution >= 4 is 5.97 Å². The Labute approximate surface area is 114 Å². The first-order valence-corrected chi connectivity index (χ1v) is 5.75. The third-order valence-electron chi connectivity index (χ3n) is 2.69. The second-order valence-electron chi connectivity index (χ2n) is 4.01. The van der Waals surface area contributed by atoms with Gasteiger partial charge in [0.25, 0.3) is 0 Å². The number of halogens is 1. The summed E-state index contributed by atoms with van der Waals surface area (Å²) in [5.74, 6) is -1.20. The van der Waals surface area contributed by atoms with E-state index in [1.807, 2.05) is 0 Å². The van der Waals surface area contributed by atoms with E-state index in [2.05, 4.69) is 0 Å². The van der Waals surface area contributed by atoms with E-state index in [1.165, 1.54) is 36.4 Å². The summed E-state index contributed by atoms with van der Waals surface area (Å²) in [7, 11) is 0. The summed E-state index contributed by atoms with van der Waals surface area (Å²) in [6.45, 7) is -0.0340. The normalized spacial score (nSPS) is 9.80. The fraction of sp³-hybridized carbons (Fsp3) is 0.0667. The molecule has 0 saturated heterocycles. The van der Waals surface area contributed by atoms with Crippen LogP contribution in [0.25, 0.3) is 0 Å². The lowest BCUT2D eigenvalue weighted by Gasteiger charge is -2.08. The molecule has 100 valence electrons. The van der Waals surface area contributed by atoms with Crippen molar-refractivity contribution in [2.75, 3.05) is 0 Å². The first-order chi connectivity index (χ1) is 9.61. The lowest BCUT2D eigenvalue weighted by Crippen LogP contribution is -2.01. The maximum atomic E-state index is 13.8. The van der Waals surface area contributed by atoms with Gasteiger partial charge < -0.3 is 9.84 Å². The van der Waals surface area contributed by atoms with Gasteiger partial charge >= 0.3 is 5.97 Å². The van der Waals surface area contributed by atoms with Crippen molar-refractivity contribution in [2.24, 2.45) is 0 Å². The summed E-state index contributed by atoms with van der Waals surface area (Å²) in [6.07, 6.45) is 0. The van der Waals surface area contributed by atoms with Crippen molar-refractivity contribution in [1.82, 2.24) is 0 Å². The SMILES string of the molecule is N#Cc1cccc(COc2ccc(C(=O)O)cc2)c1F. The molecule has 0 radical (unpaired) electrons. The minimum Gasteiger partial charge on any atom is -0.489 e. The molecule has 0 fully saturated rings. The Balaban J connectivity index is 2.09. The number of carbonyl (C=O) groups is 1. The van der Waals surface area contributed by atoms with Crippen LogP contribution in [-0.2, 0) is 6.61 Å². The van der Waals surface area contributed by atoms with Crippen molar-refractivity contribution in [3.63, 3.8) is 0 Å². The van der Waals surface area contributed by atoms with Crippen LogP contribution in [0.15, 0.2) is 42.5 Å². The summed E-state index contributed by atoms with van der Waals surface area (Å²) in [5, 5.41) is 17.5. The molecule has 0 unspecified atom stereocenters. The summed E-state index contributed by atoms with van der Waals surface area (Å²) < 4.78 is 19.1. The molecular weight excluding hydrogens is 261 g/mol. The maximum Gasteiger partial charge on any atom is 0.335 e. The van der Waals surface area contributed by atoms with E-state index >= 15 is 0 Å². The van der Waals surface area contributed by atoms with Crippen LogP contribution >= 0.6 is 0 Å². The number of carboxylic acid groups (broad SMARTS) is 1. The van der Waals surface area contributed by atoms with Gasteiger partial charge in [-0.3, -0.25) is 0 Å². The first kappa shape index (κ1) is 13.6. The molecule has 0 atom stereocenters. The van der Waals surface area contributed by atoms with Crippen LogP contribution in [0.5, 0.6) is 5.75 Å². The van der Waals surface area contributed by atoms with Crippen LogP contribution in [0.2, 0.25) is 0 Å². The Hall–Kier alpha value is -2.87. The molecule has 0 bridgehead atoms. The largest absolute Gasteiger partial charge is 0.489 e. The minimum absolute atomic E-state index is 0.0340. The topological polar surface area (TPSA) is 70.3 Å². The maximum absolute atomic E-state index is 13.8. The molecule has 2 aromatic rings. The van der Waals surface area contributed by atoms with Gasteiger partial charge in [-0.15, -0.1) is 0 Å². The predicted molar refractivity (Wildman–Crippen MR) is 68.8 cm³/mol. The highest BCUT2D eigenvalue weighted by atomic mass is 19.1. The molecule has 1 N–H and O–H groups in total. The van der Waals surface area contributed by atoms with E-state index in [0.29, 0.717) is 5.75 Å². The fourth-order valence-corrected chi connectivity index (χ4v) is 1.63. The lowest BCUT2D eigenvalue weighted by atomic mass is 10.1. The van der Waals surface area contributed by atoms with E-state index in [4.69, 9.17) is 15.1 Å². The number of nitrogens with zero attached hydrogens (tertiary/aromatic N) is 1. The third-order valence-corrected chi connectivity index (χ3v) is 2.69. The van der Waals surface area contributed by atoms with Gasteiger partial charge in [0.1, 0.15) is 24.2 Å². The van der Waals surface area contributed by atoms with Crippen LogP contribution < -0.4 is 4.74 Å². The molecule has 0 aliphatic heterocycles. The number of hydrogen-bond donors (Lipinski definition) is 1. The summed E-state index contributed by atoms with van der Waals surface area (Å²) >= 11 is 0. The van der Waals surface area contributed by atoms with Gasteiger partial charge in [-0.1, -0.05) is 12.1 Å². The molecule has 2 rings (SSSR count). The van der Waals surface area contributed by atoms with Gasteiger partial charge in [0.15, 0.2) is 0 Å². The van der Waals surface area contributed by atoms with Crippen molar-refractivity contribution in [2.45, 2.75) is 6.61 Å². The number of carboxylic acids is 1. The Morgan fingerprint density at radius 1 is 1.25 bits per heavy atom. The van der Waals surface area contributed by atoms with Crippen molar-refractivity contribution < 1.29 is 19.0 Å². The number of benzene rings is 2. The number of rotatable bonds is 4. The van der Waals surface area contributed by atoms with Crippen LogP contribution in [0, 0.1) is 17.1 Å². The second kappa shape index (κ2) is 5.85. The van der Waals surface area contributed by atoms with Gasteiger partial charge in [0.05, 0.1) is 11.1 Å². The fourth-order valence-electron chi connectivity index (χ4n) is 1.63. The van der Waals surface area contributed by atoms with Gasteiger partial charge in [-0.05, 0) is 30.3 Å². The molecular formula is C15H10FNO3. The minimum atomic E-state index is -1.02. The van der Waals surface area contributed by atoms with E-state index < -0.39 is 11.8 Å². The highest BCUT2D eigenvalue weighted by Crippen LogP contribution is 2.17. The van der Waals surface area contributed by atoms with Crippen LogP contribution in [0.4, 0.5) is 4.39 Å². The van der Waals surface area contributed by atoms with Crippen LogP contribution in [0.3, 0.4) is 0 Å². The predicted octanol–water partition coefficient (Wildman–Crippen LogP) is 2.97. The van der Waals surface area contributed by atoms with Gasteiger partial charge in [-0.25, -0.2) is 9.18 Å². The quantitative estimate of drug-likeness (QED) is 0.928. The summed E-state index contributed by atoms with van der Waals surface area (Å²) in [4.78, 5) is 10.7. The number of ether oxygens (including phenoxy) is 1. The molecule has 0 aliphatic rings. The molecule has 0 aromatic heterocycles. The van der Waals surface area contributed by atoms with Crippen molar-refractivity contribution in [3.8, 4) is 11.8 Å². The number of aromatic carboxylic acids is 1. The highest BCUT2D eigenvalue weighted by Gasteiger charge is 2.08. The van der Waals surface area contributed by atoms with E-state index in [0.717, 1.165) is 0 Å². The molecule has 0 heterocycles. The molecule has 2 aromatic carbocycles. The zero-order chi connectivity index (χ0) is 14.5. The average molecular weight is 271 g/mol. The van der Waals surface area contributed by atoms with E-state index in [9.17, 15) is 9.18 Å². The molecule has 20 heavy (non-hydrogen) atoms. The van der Waals surface area contributed by atoms with Crippen LogP contribution in [0.1, 0.15) is 21.5 Å². The molecule has 0 spiro atoms. The van der Waals surface area contributed by atoms with Gasteiger partial charge in [-0.2, -0.15) is 5.26 Å². The van der Waals surface area contributed by atoms with Crippen molar-refractivity contribution in [1.29, 1.82) is 5.26 Å². The third kappa shape index (κ3) is 2.93. The average Bonchev–Trinajstić information content (AvgIpc) is 2.46. The Kier molecular flexibility index (Phi) is 3.96. The number of hydrogen-bond acceptors (Lipinski definition) is 3. The zero-order valence-electron chi connectivity index (χ0n) is 10.3. The molecule has 0 amide bonds. The lowest BCUT2D eigenvalue weighted by molar-refractivity contribution is 0.0697. The Morgan fingerprint density at radius 3 is 2.55 bits per heavy atom. The summed E-state index contributed by atoms with van der Waals surface area (Å²) in [5.41, 5.74) is 0.383. The number of nitriles is 1. The molecule has 4 nitrogen and oxygen atoms in total. The zero-order valence-corrected chi connectivity index (χ0v) is 10.3. The smallest absolute Gasteiger partial charge is 0.335 e. The first-order valence-electron chi connectivity index (χ1n) is 5.75. The van der Waals surface area contributed by atoms with Gasteiger partial charge in [0, 0.05) is 5.56 Å². The van der Waals surface area contributed by atoms with E-state index in [1.54, 1.807) is 12.1 Å². The second-order valence-corrected chi connectivity index (χ2v) is 4.01.